The molecule has 5 heterocycles. The van der Waals surface area contributed by atoms with E-state index in [1.807, 2.05) is 37.4 Å². The Morgan fingerprint density at radius 2 is 1.97 bits per heavy atom. The Labute approximate surface area is 182 Å². The van der Waals surface area contributed by atoms with Crippen molar-refractivity contribution in [1.29, 1.82) is 0 Å². The number of pyridine rings is 2. The first-order valence-corrected chi connectivity index (χ1v) is 11.0. The Balaban J connectivity index is 1.60. The number of likely N-dealkylation sites (tertiary alicyclic amines) is 1. The number of aromatic nitrogens is 6. The molecule has 7 nitrogen and oxygen atoms in total. The molecule has 0 radical (unpaired) electrons. The zero-order valence-electron chi connectivity index (χ0n) is 18.6. The fourth-order valence-corrected chi connectivity index (χ4v) is 4.43. The molecular formula is C24H29N7. The molecule has 1 aliphatic heterocycles. The average molecular weight is 416 g/mol. The van der Waals surface area contributed by atoms with Crippen LogP contribution >= 0.6 is 0 Å². The first kappa shape index (κ1) is 19.9. The van der Waals surface area contributed by atoms with Gasteiger partial charge in [0.1, 0.15) is 17.8 Å². The first-order valence-electron chi connectivity index (χ1n) is 11.0. The Morgan fingerprint density at radius 1 is 1.10 bits per heavy atom. The van der Waals surface area contributed by atoms with Gasteiger partial charge in [-0.05, 0) is 71.3 Å². The number of nitrogens with one attached hydrogen (secondary N) is 1. The van der Waals surface area contributed by atoms with E-state index >= 15 is 0 Å². The summed E-state index contributed by atoms with van der Waals surface area (Å²) in [7, 11) is 0. The predicted molar refractivity (Wildman–Crippen MR) is 122 cm³/mol. The van der Waals surface area contributed by atoms with Crippen molar-refractivity contribution in [3.05, 3.63) is 54.4 Å². The second-order valence-electron chi connectivity index (χ2n) is 9.45. The molecule has 0 amide bonds. The molecule has 1 aliphatic rings. The number of hydrogen-bond acceptors (Lipinski definition) is 5. The van der Waals surface area contributed by atoms with E-state index in [4.69, 9.17) is 9.97 Å². The summed E-state index contributed by atoms with van der Waals surface area (Å²) in [5, 5.41) is 4.30. The summed E-state index contributed by atoms with van der Waals surface area (Å²) in [5.41, 5.74) is 5.76. The van der Waals surface area contributed by atoms with Crippen molar-refractivity contribution in [1.82, 2.24) is 34.4 Å². The van der Waals surface area contributed by atoms with Crippen molar-refractivity contribution in [2.45, 2.75) is 52.0 Å². The zero-order chi connectivity index (χ0) is 21.6. The minimum atomic E-state index is 0.160. The minimum absolute atomic E-state index is 0.160. The fraction of sp³-hybridized carbons (Fsp3) is 0.417. The fourth-order valence-electron chi connectivity index (χ4n) is 4.43. The lowest BCUT2D eigenvalue weighted by Crippen LogP contribution is -2.46. The molecule has 1 saturated heterocycles. The van der Waals surface area contributed by atoms with Crippen molar-refractivity contribution in [2.24, 2.45) is 0 Å². The highest BCUT2D eigenvalue weighted by Gasteiger charge is 2.31. The first-order chi connectivity index (χ1) is 14.9. The number of aromatic amines is 1. The topological polar surface area (TPSA) is 75.0 Å². The third-order valence-electron chi connectivity index (χ3n) is 6.17. The highest BCUT2D eigenvalue weighted by Crippen LogP contribution is 2.35. The van der Waals surface area contributed by atoms with E-state index in [-0.39, 0.29) is 5.54 Å². The van der Waals surface area contributed by atoms with Crippen LogP contribution in [0, 0.1) is 6.92 Å². The lowest BCUT2D eigenvalue weighted by Gasteiger charge is -2.41. The van der Waals surface area contributed by atoms with Gasteiger partial charge in [-0.1, -0.05) is 6.07 Å². The lowest BCUT2D eigenvalue weighted by molar-refractivity contribution is 0.0970. The van der Waals surface area contributed by atoms with E-state index in [2.05, 4.69) is 46.8 Å². The second-order valence-corrected chi connectivity index (χ2v) is 9.45. The smallest absolute Gasteiger partial charge is 0.155 e. The van der Waals surface area contributed by atoms with Gasteiger partial charge in [0.05, 0.1) is 11.4 Å². The van der Waals surface area contributed by atoms with Gasteiger partial charge in [0.2, 0.25) is 0 Å². The molecule has 1 N–H and O–H groups in total. The van der Waals surface area contributed by atoms with E-state index in [9.17, 15) is 0 Å². The summed E-state index contributed by atoms with van der Waals surface area (Å²) in [4.78, 5) is 20.4. The summed E-state index contributed by atoms with van der Waals surface area (Å²) in [5.74, 6) is 1.42. The van der Waals surface area contributed by atoms with E-state index in [1.165, 1.54) is 6.42 Å². The van der Waals surface area contributed by atoms with Crippen LogP contribution < -0.4 is 0 Å². The monoisotopic (exact) mass is 415 g/mol. The molecular weight excluding hydrogens is 386 g/mol. The average Bonchev–Trinajstić information content (AvgIpc) is 3.40. The molecule has 0 aliphatic carbocycles. The van der Waals surface area contributed by atoms with Crippen LogP contribution in [-0.4, -0.2) is 53.1 Å². The van der Waals surface area contributed by atoms with E-state index in [1.54, 1.807) is 10.8 Å². The molecule has 4 aromatic rings. The summed E-state index contributed by atoms with van der Waals surface area (Å²) in [6, 6.07) is 10.1. The number of imidazole rings is 1. The van der Waals surface area contributed by atoms with E-state index in [0.29, 0.717) is 5.92 Å². The molecule has 31 heavy (non-hydrogen) atoms. The van der Waals surface area contributed by atoms with Gasteiger partial charge < -0.3 is 4.98 Å². The maximum atomic E-state index is 5.12. The Morgan fingerprint density at radius 3 is 2.77 bits per heavy atom. The van der Waals surface area contributed by atoms with Crippen molar-refractivity contribution < 1.29 is 0 Å². The Kier molecular flexibility index (Phi) is 4.85. The van der Waals surface area contributed by atoms with Gasteiger partial charge in [0.25, 0.3) is 0 Å². The third-order valence-corrected chi connectivity index (χ3v) is 6.17. The van der Waals surface area contributed by atoms with Crippen LogP contribution in [0.3, 0.4) is 0 Å². The summed E-state index contributed by atoms with van der Waals surface area (Å²) < 4.78 is 1.80. The van der Waals surface area contributed by atoms with Gasteiger partial charge in [0.15, 0.2) is 5.65 Å². The van der Waals surface area contributed by atoms with Crippen LogP contribution in [0.4, 0.5) is 0 Å². The lowest BCUT2D eigenvalue weighted by atomic mass is 9.93. The standard InChI is InChI=1S/C24H29N7/c1-16-7-5-9-19(27-16)22-21(17-10-11-20-25-15-26-31(20)14-17)28-23(29-22)18-8-6-12-30(13-18)24(2,3)4/h5,7,9-11,14-15,18H,6,8,12-13H2,1-4H3,(H,28,29). The molecule has 160 valence electrons. The van der Waals surface area contributed by atoms with Gasteiger partial charge in [-0.2, -0.15) is 5.10 Å². The third kappa shape index (κ3) is 3.85. The van der Waals surface area contributed by atoms with Crippen LogP contribution in [0.1, 0.15) is 51.0 Å². The number of piperidine rings is 1. The normalized spacial score (nSPS) is 18.0. The predicted octanol–water partition coefficient (Wildman–Crippen LogP) is 4.47. The van der Waals surface area contributed by atoms with Crippen LogP contribution in [0.15, 0.2) is 42.9 Å². The van der Waals surface area contributed by atoms with Crippen LogP contribution in [-0.2, 0) is 0 Å². The maximum Gasteiger partial charge on any atom is 0.155 e. The second kappa shape index (κ2) is 7.57. The van der Waals surface area contributed by atoms with E-state index < -0.39 is 0 Å². The molecule has 1 fully saturated rings. The van der Waals surface area contributed by atoms with Crippen molar-refractivity contribution in [2.75, 3.05) is 13.1 Å². The highest BCUT2D eigenvalue weighted by molar-refractivity contribution is 5.77. The molecule has 5 rings (SSSR count). The molecule has 0 saturated carbocycles. The number of nitrogens with zero attached hydrogens (tertiary/aromatic N) is 6. The number of rotatable bonds is 3. The van der Waals surface area contributed by atoms with Crippen LogP contribution in [0.25, 0.3) is 28.3 Å². The summed E-state index contributed by atoms with van der Waals surface area (Å²) in [6.07, 6.45) is 5.90. The molecule has 1 atom stereocenters. The quantitative estimate of drug-likeness (QED) is 0.534. The minimum Gasteiger partial charge on any atom is -0.341 e. The van der Waals surface area contributed by atoms with Crippen LogP contribution in [0.5, 0.6) is 0 Å². The summed E-state index contributed by atoms with van der Waals surface area (Å²) >= 11 is 0. The Bertz CT molecular complexity index is 1210. The highest BCUT2D eigenvalue weighted by atomic mass is 15.3. The Hall–Kier alpha value is -3.06. The van der Waals surface area contributed by atoms with Crippen molar-refractivity contribution >= 4 is 5.65 Å². The SMILES string of the molecule is Cc1cccc(-c2nc(C3CCCN(C(C)(C)C)C3)[nH]c2-c2ccc3ncnn3c2)n1. The van der Waals surface area contributed by atoms with Crippen molar-refractivity contribution in [3.63, 3.8) is 0 Å². The molecule has 1 unspecified atom stereocenters. The van der Waals surface area contributed by atoms with E-state index in [0.717, 1.165) is 59.3 Å². The van der Waals surface area contributed by atoms with Gasteiger partial charge in [-0.25, -0.2) is 14.5 Å². The number of aryl methyl sites for hydroxylation is 1. The van der Waals surface area contributed by atoms with Crippen molar-refractivity contribution in [3.8, 4) is 22.6 Å². The largest absolute Gasteiger partial charge is 0.341 e. The summed E-state index contributed by atoms with van der Waals surface area (Å²) in [6.45, 7) is 11.0. The maximum absolute atomic E-state index is 5.12. The molecule has 4 aromatic heterocycles. The van der Waals surface area contributed by atoms with Gasteiger partial charge in [-0.3, -0.25) is 9.88 Å². The zero-order valence-corrected chi connectivity index (χ0v) is 18.6. The van der Waals surface area contributed by atoms with Gasteiger partial charge in [-0.15, -0.1) is 0 Å². The van der Waals surface area contributed by atoms with Crippen LogP contribution in [0.2, 0.25) is 0 Å². The molecule has 7 heteroatoms. The molecule has 0 bridgehead atoms. The number of H-pyrrole nitrogens is 1. The number of hydrogen-bond donors (Lipinski definition) is 1. The van der Waals surface area contributed by atoms with Gasteiger partial charge >= 0.3 is 0 Å². The molecule has 0 spiro atoms. The van der Waals surface area contributed by atoms with Gasteiger partial charge in [0, 0.05) is 35.5 Å². The molecule has 0 aromatic carbocycles. The number of fused-ring (bicyclic) bond motifs is 1.